The molecule has 1 heteroatoms. The van der Waals surface area contributed by atoms with Gasteiger partial charge in [-0.2, -0.15) is 0 Å². The summed E-state index contributed by atoms with van der Waals surface area (Å²) in [5.74, 6) is 0.620. The Balaban J connectivity index is 3.01. The largest absolute Gasteiger partial charge is 0.375 e. The van der Waals surface area contributed by atoms with Crippen molar-refractivity contribution in [3.63, 3.8) is 0 Å². The maximum atomic E-state index is 2.30. The fraction of sp³-hybridized carbons (Fsp3) is 0.538. The molecular weight excluding hydrogens is 170 g/mol. The molecular formula is C13H21N. The monoisotopic (exact) mass is 191 g/mol. The summed E-state index contributed by atoms with van der Waals surface area (Å²) < 4.78 is 0. The third kappa shape index (κ3) is 2.28. The van der Waals surface area contributed by atoms with Crippen molar-refractivity contribution >= 4 is 5.69 Å². The minimum atomic E-state index is 0.620. The zero-order valence-electron chi connectivity index (χ0n) is 9.96. The van der Waals surface area contributed by atoms with E-state index in [1.807, 2.05) is 0 Å². The Hall–Kier alpha value is -0.980. The maximum absolute atomic E-state index is 2.30. The molecule has 0 saturated heterocycles. The predicted molar refractivity (Wildman–Crippen MR) is 64.2 cm³/mol. The summed E-state index contributed by atoms with van der Waals surface area (Å²) in [6, 6.07) is 6.76. The average molecular weight is 191 g/mol. The van der Waals surface area contributed by atoms with Crippen molar-refractivity contribution in [2.24, 2.45) is 0 Å². The summed E-state index contributed by atoms with van der Waals surface area (Å²) in [4.78, 5) is 2.28. The van der Waals surface area contributed by atoms with E-state index in [4.69, 9.17) is 0 Å². The summed E-state index contributed by atoms with van der Waals surface area (Å²) in [5, 5.41) is 0. The Labute approximate surface area is 87.7 Å². The Morgan fingerprint density at radius 2 is 1.93 bits per heavy atom. The molecule has 0 amide bonds. The van der Waals surface area contributed by atoms with Crippen LogP contribution in [0.1, 0.15) is 37.8 Å². The van der Waals surface area contributed by atoms with E-state index in [1.165, 1.54) is 16.8 Å². The Morgan fingerprint density at radius 1 is 1.29 bits per heavy atom. The van der Waals surface area contributed by atoms with E-state index in [0.29, 0.717) is 5.92 Å². The first-order chi connectivity index (χ1) is 6.56. The quantitative estimate of drug-likeness (QED) is 0.706. The number of benzene rings is 1. The lowest BCUT2D eigenvalue weighted by atomic mass is 10.00. The first kappa shape index (κ1) is 11.1. The molecule has 0 saturated carbocycles. The van der Waals surface area contributed by atoms with Crippen molar-refractivity contribution in [2.45, 2.75) is 33.6 Å². The first-order valence-corrected chi connectivity index (χ1v) is 5.38. The molecule has 0 aliphatic rings. The van der Waals surface area contributed by atoms with Crippen LogP contribution in [0, 0.1) is 6.92 Å². The molecule has 0 heterocycles. The molecule has 0 aliphatic carbocycles. The molecule has 14 heavy (non-hydrogen) atoms. The molecule has 0 unspecified atom stereocenters. The van der Waals surface area contributed by atoms with Gasteiger partial charge in [0.05, 0.1) is 0 Å². The molecule has 0 bridgehead atoms. The summed E-state index contributed by atoms with van der Waals surface area (Å²) in [5.41, 5.74) is 4.15. The van der Waals surface area contributed by atoms with Crippen LogP contribution in [0.15, 0.2) is 18.2 Å². The van der Waals surface area contributed by atoms with Gasteiger partial charge in [-0.25, -0.2) is 0 Å². The normalized spacial score (nSPS) is 10.7. The smallest absolute Gasteiger partial charge is 0.0393 e. The van der Waals surface area contributed by atoms with Crippen molar-refractivity contribution < 1.29 is 0 Å². The number of nitrogens with zero attached hydrogens (tertiary/aromatic N) is 1. The van der Waals surface area contributed by atoms with Gasteiger partial charge in [-0.1, -0.05) is 26.0 Å². The second-order valence-corrected chi connectivity index (χ2v) is 4.21. The van der Waals surface area contributed by atoms with Crippen molar-refractivity contribution in [3.05, 3.63) is 29.3 Å². The lowest BCUT2D eigenvalue weighted by Crippen LogP contribution is -2.16. The van der Waals surface area contributed by atoms with Crippen molar-refractivity contribution in [1.29, 1.82) is 0 Å². The minimum absolute atomic E-state index is 0.620. The van der Waals surface area contributed by atoms with Gasteiger partial charge in [0.2, 0.25) is 0 Å². The van der Waals surface area contributed by atoms with Crippen molar-refractivity contribution in [1.82, 2.24) is 0 Å². The van der Waals surface area contributed by atoms with Gasteiger partial charge in [0.1, 0.15) is 0 Å². The van der Waals surface area contributed by atoms with Gasteiger partial charge in [-0.3, -0.25) is 0 Å². The molecule has 0 atom stereocenters. The number of hydrogen-bond donors (Lipinski definition) is 0. The fourth-order valence-corrected chi connectivity index (χ4v) is 1.64. The molecule has 1 nitrogen and oxygen atoms in total. The standard InChI is InChI=1S/C13H21N/c1-6-14(5)13-8-7-12(10(2)3)9-11(13)4/h7-10H,6H2,1-5H3. The molecule has 0 aromatic heterocycles. The highest BCUT2D eigenvalue weighted by Gasteiger charge is 2.05. The topological polar surface area (TPSA) is 3.24 Å². The van der Waals surface area contributed by atoms with Gasteiger partial charge in [-0.15, -0.1) is 0 Å². The van der Waals surface area contributed by atoms with Crippen LogP contribution in [0.3, 0.4) is 0 Å². The second-order valence-electron chi connectivity index (χ2n) is 4.21. The van der Waals surface area contributed by atoms with E-state index < -0.39 is 0 Å². The lowest BCUT2D eigenvalue weighted by molar-refractivity contribution is 0.862. The van der Waals surface area contributed by atoms with Crippen LogP contribution in [0.25, 0.3) is 0 Å². The van der Waals surface area contributed by atoms with Gasteiger partial charge < -0.3 is 4.90 Å². The van der Waals surface area contributed by atoms with E-state index >= 15 is 0 Å². The van der Waals surface area contributed by atoms with E-state index in [-0.39, 0.29) is 0 Å². The molecule has 1 aromatic rings. The fourth-order valence-electron chi connectivity index (χ4n) is 1.64. The minimum Gasteiger partial charge on any atom is -0.375 e. The van der Waals surface area contributed by atoms with Crippen LogP contribution < -0.4 is 4.90 Å². The highest BCUT2D eigenvalue weighted by atomic mass is 15.1. The molecule has 0 N–H and O–H groups in total. The number of rotatable bonds is 3. The molecule has 0 spiro atoms. The Kier molecular flexibility index (Phi) is 3.56. The van der Waals surface area contributed by atoms with E-state index in [2.05, 4.69) is 57.8 Å². The summed E-state index contributed by atoms with van der Waals surface area (Å²) in [6.45, 7) is 9.89. The van der Waals surface area contributed by atoms with Crippen LogP contribution in [0.4, 0.5) is 5.69 Å². The van der Waals surface area contributed by atoms with Crippen LogP contribution in [-0.2, 0) is 0 Å². The van der Waals surface area contributed by atoms with Gasteiger partial charge in [0.15, 0.2) is 0 Å². The maximum Gasteiger partial charge on any atom is 0.0393 e. The highest BCUT2D eigenvalue weighted by molar-refractivity contribution is 5.54. The van der Waals surface area contributed by atoms with Crippen LogP contribution >= 0.6 is 0 Å². The molecule has 0 fully saturated rings. The Bertz CT molecular complexity index is 302. The predicted octanol–water partition coefficient (Wildman–Crippen LogP) is 3.57. The van der Waals surface area contributed by atoms with Crippen molar-refractivity contribution in [3.8, 4) is 0 Å². The van der Waals surface area contributed by atoms with Crippen LogP contribution in [-0.4, -0.2) is 13.6 Å². The first-order valence-electron chi connectivity index (χ1n) is 5.38. The zero-order chi connectivity index (χ0) is 10.7. The number of aryl methyl sites for hydroxylation is 1. The average Bonchev–Trinajstić information content (AvgIpc) is 2.16. The van der Waals surface area contributed by atoms with E-state index in [1.54, 1.807) is 0 Å². The van der Waals surface area contributed by atoms with Gasteiger partial charge in [-0.05, 0) is 37.0 Å². The zero-order valence-corrected chi connectivity index (χ0v) is 9.96. The SMILES string of the molecule is CCN(C)c1ccc(C(C)C)cc1C. The Morgan fingerprint density at radius 3 is 2.36 bits per heavy atom. The van der Waals surface area contributed by atoms with Gasteiger partial charge >= 0.3 is 0 Å². The summed E-state index contributed by atoms with van der Waals surface area (Å²) >= 11 is 0. The molecule has 0 aliphatic heterocycles. The second kappa shape index (κ2) is 4.50. The number of anilines is 1. The molecule has 0 radical (unpaired) electrons. The third-order valence-electron chi connectivity index (χ3n) is 2.77. The van der Waals surface area contributed by atoms with Crippen LogP contribution in [0.2, 0.25) is 0 Å². The van der Waals surface area contributed by atoms with Gasteiger partial charge in [0.25, 0.3) is 0 Å². The van der Waals surface area contributed by atoms with Gasteiger partial charge in [0, 0.05) is 19.3 Å². The van der Waals surface area contributed by atoms with E-state index in [9.17, 15) is 0 Å². The summed E-state index contributed by atoms with van der Waals surface area (Å²) in [7, 11) is 2.14. The van der Waals surface area contributed by atoms with Crippen molar-refractivity contribution in [2.75, 3.05) is 18.5 Å². The molecule has 1 rings (SSSR count). The number of hydrogen-bond acceptors (Lipinski definition) is 1. The summed E-state index contributed by atoms with van der Waals surface area (Å²) in [6.07, 6.45) is 0. The molecule has 78 valence electrons. The highest BCUT2D eigenvalue weighted by Crippen LogP contribution is 2.23. The molecule has 1 aromatic carbocycles. The van der Waals surface area contributed by atoms with Crippen LogP contribution in [0.5, 0.6) is 0 Å². The lowest BCUT2D eigenvalue weighted by Gasteiger charge is -2.20. The third-order valence-corrected chi connectivity index (χ3v) is 2.77. The van der Waals surface area contributed by atoms with E-state index in [0.717, 1.165) is 6.54 Å².